The van der Waals surface area contributed by atoms with Gasteiger partial charge in [0.05, 0.1) is 0 Å². The Balaban J connectivity index is 1.66. The minimum absolute atomic E-state index is 0.353. The predicted octanol–water partition coefficient (Wildman–Crippen LogP) is 1.33. The molecule has 3 atom stereocenters. The summed E-state index contributed by atoms with van der Waals surface area (Å²) >= 11 is 0. The topological polar surface area (TPSA) is 54.2 Å². The van der Waals surface area contributed by atoms with Crippen LogP contribution < -0.4 is 11.3 Å². The van der Waals surface area contributed by atoms with E-state index in [2.05, 4.69) is 28.4 Å². The molecule has 3 unspecified atom stereocenters. The van der Waals surface area contributed by atoms with E-state index in [4.69, 9.17) is 5.84 Å². The van der Waals surface area contributed by atoms with Gasteiger partial charge in [0.2, 0.25) is 0 Å². The van der Waals surface area contributed by atoms with Crippen LogP contribution in [0.25, 0.3) is 0 Å². The van der Waals surface area contributed by atoms with Gasteiger partial charge >= 0.3 is 0 Å². The van der Waals surface area contributed by atoms with Gasteiger partial charge in [-0.3, -0.25) is 16.3 Å². The summed E-state index contributed by atoms with van der Waals surface area (Å²) in [6, 6.07) is 7.99. The van der Waals surface area contributed by atoms with Gasteiger partial charge in [-0.05, 0) is 50.8 Å². The molecule has 1 aromatic heterocycles. The molecular formula is C15H24N4. The quantitative estimate of drug-likeness (QED) is 0.633. The lowest BCUT2D eigenvalue weighted by molar-refractivity contribution is 0.112. The van der Waals surface area contributed by atoms with Crippen LogP contribution in [-0.4, -0.2) is 35.1 Å². The summed E-state index contributed by atoms with van der Waals surface area (Å²) in [6.07, 6.45) is 8.06. The molecular weight excluding hydrogens is 236 g/mol. The molecule has 4 heteroatoms. The second-order valence-corrected chi connectivity index (χ2v) is 6.08. The molecule has 19 heavy (non-hydrogen) atoms. The number of hydrogen-bond acceptors (Lipinski definition) is 4. The zero-order chi connectivity index (χ0) is 13.2. The highest BCUT2D eigenvalue weighted by atomic mass is 15.2. The molecule has 4 nitrogen and oxygen atoms in total. The SMILES string of the molecule is CN1C2CCC1CC(C(Cc1ccccn1)NN)C2. The van der Waals surface area contributed by atoms with Crippen molar-refractivity contribution >= 4 is 0 Å². The van der Waals surface area contributed by atoms with Crippen LogP contribution in [-0.2, 0) is 6.42 Å². The van der Waals surface area contributed by atoms with Crippen molar-refractivity contribution in [3.8, 4) is 0 Å². The summed E-state index contributed by atoms with van der Waals surface area (Å²) < 4.78 is 0. The molecule has 0 saturated carbocycles. The molecule has 3 N–H and O–H groups in total. The van der Waals surface area contributed by atoms with Gasteiger partial charge in [-0.2, -0.15) is 0 Å². The first-order valence-corrected chi connectivity index (χ1v) is 7.36. The van der Waals surface area contributed by atoms with E-state index in [0.29, 0.717) is 12.0 Å². The molecule has 0 spiro atoms. The highest BCUT2D eigenvalue weighted by molar-refractivity contribution is 5.07. The van der Waals surface area contributed by atoms with Crippen LogP contribution >= 0.6 is 0 Å². The molecule has 0 aliphatic carbocycles. The maximum absolute atomic E-state index is 5.81. The smallest absolute Gasteiger partial charge is 0.0419 e. The number of rotatable bonds is 4. The van der Waals surface area contributed by atoms with Crippen LogP contribution in [0.1, 0.15) is 31.4 Å². The minimum atomic E-state index is 0.353. The highest BCUT2D eigenvalue weighted by Gasteiger charge is 2.40. The van der Waals surface area contributed by atoms with E-state index in [0.717, 1.165) is 24.2 Å². The molecule has 104 valence electrons. The number of nitrogens with one attached hydrogen (secondary N) is 1. The summed E-state index contributed by atoms with van der Waals surface area (Å²) in [7, 11) is 2.28. The van der Waals surface area contributed by atoms with Crippen LogP contribution in [0.4, 0.5) is 0 Å². The van der Waals surface area contributed by atoms with Gasteiger partial charge in [-0.15, -0.1) is 0 Å². The van der Waals surface area contributed by atoms with Crippen molar-refractivity contribution in [3.05, 3.63) is 30.1 Å². The molecule has 0 radical (unpaired) electrons. The third-order valence-electron chi connectivity index (χ3n) is 5.07. The van der Waals surface area contributed by atoms with Crippen molar-refractivity contribution in [2.75, 3.05) is 7.05 Å². The third kappa shape index (κ3) is 2.66. The summed E-state index contributed by atoms with van der Waals surface area (Å²) in [6.45, 7) is 0. The highest BCUT2D eigenvalue weighted by Crippen LogP contribution is 2.39. The lowest BCUT2D eigenvalue weighted by Crippen LogP contribution is -2.49. The minimum Gasteiger partial charge on any atom is -0.300 e. The van der Waals surface area contributed by atoms with Crippen molar-refractivity contribution in [3.63, 3.8) is 0 Å². The molecule has 3 heterocycles. The lowest BCUT2D eigenvalue weighted by Gasteiger charge is -2.39. The Kier molecular flexibility index (Phi) is 3.82. The first kappa shape index (κ1) is 13.0. The van der Waals surface area contributed by atoms with Gasteiger partial charge in [0.25, 0.3) is 0 Å². The van der Waals surface area contributed by atoms with Gasteiger partial charge in [0, 0.05) is 36.4 Å². The first-order chi connectivity index (χ1) is 9.28. The molecule has 2 saturated heterocycles. The number of hydrogen-bond donors (Lipinski definition) is 2. The number of hydrazine groups is 1. The van der Waals surface area contributed by atoms with Gasteiger partial charge in [0.1, 0.15) is 0 Å². The summed E-state index contributed by atoms with van der Waals surface area (Å²) in [5.74, 6) is 6.49. The number of nitrogens with zero attached hydrogens (tertiary/aromatic N) is 2. The molecule has 1 aromatic rings. The van der Waals surface area contributed by atoms with Crippen LogP contribution in [0.5, 0.6) is 0 Å². The molecule has 2 aliphatic rings. The zero-order valence-electron chi connectivity index (χ0n) is 11.6. The maximum Gasteiger partial charge on any atom is 0.0419 e. The fourth-order valence-corrected chi connectivity index (χ4v) is 3.89. The predicted molar refractivity (Wildman–Crippen MR) is 76.3 cm³/mol. The molecule has 0 amide bonds. The average Bonchev–Trinajstić information content (AvgIpc) is 2.68. The summed E-state index contributed by atoms with van der Waals surface area (Å²) in [4.78, 5) is 7.00. The Morgan fingerprint density at radius 3 is 2.68 bits per heavy atom. The van der Waals surface area contributed by atoms with Crippen molar-refractivity contribution in [2.45, 2.75) is 50.2 Å². The summed E-state index contributed by atoms with van der Waals surface area (Å²) in [5, 5.41) is 0. The molecule has 0 aromatic carbocycles. The largest absolute Gasteiger partial charge is 0.300 e. The van der Waals surface area contributed by atoms with Crippen molar-refractivity contribution in [2.24, 2.45) is 11.8 Å². The average molecular weight is 260 g/mol. The fraction of sp³-hybridized carbons (Fsp3) is 0.667. The Labute approximate surface area is 115 Å². The van der Waals surface area contributed by atoms with E-state index < -0.39 is 0 Å². The Bertz CT molecular complexity index is 394. The van der Waals surface area contributed by atoms with E-state index in [1.807, 2.05) is 18.3 Å². The van der Waals surface area contributed by atoms with Crippen molar-refractivity contribution < 1.29 is 0 Å². The normalized spacial score (nSPS) is 32.4. The van der Waals surface area contributed by atoms with Crippen LogP contribution in [0.15, 0.2) is 24.4 Å². The summed E-state index contributed by atoms with van der Waals surface area (Å²) in [5.41, 5.74) is 4.18. The standard InChI is InChI=1S/C15H24N4/c1-19-13-5-6-14(19)9-11(8-13)15(18-16)10-12-4-2-3-7-17-12/h2-4,7,11,13-15,18H,5-6,8-10,16H2,1H3. The lowest BCUT2D eigenvalue weighted by atomic mass is 9.83. The van der Waals surface area contributed by atoms with Gasteiger partial charge in [-0.25, -0.2) is 0 Å². The number of fused-ring (bicyclic) bond motifs is 2. The van der Waals surface area contributed by atoms with Crippen molar-refractivity contribution in [1.82, 2.24) is 15.3 Å². The Morgan fingerprint density at radius 2 is 2.11 bits per heavy atom. The second kappa shape index (κ2) is 5.57. The number of nitrogens with two attached hydrogens (primary N) is 1. The zero-order valence-corrected chi connectivity index (χ0v) is 11.6. The van der Waals surface area contributed by atoms with E-state index in [1.165, 1.54) is 25.7 Å². The molecule has 2 aliphatic heterocycles. The molecule has 3 rings (SSSR count). The van der Waals surface area contributed by atoms with E-state index in [1.54, 1.807) is 0 Å². The number of piperidine rings is 1. The number of aromatic nitrogens is 1. The number of pyridine rings is 1. The van der Waals surface area contributed by atoms with Crippen LogP contribution in [0, 0.1) is 5.92 Å². The van der Waals surface area contributed by atoms with Crippen LogP contribution in [0.2, 0.25) is 0 Å². The van der Waals surface area contributed by atoms with E-state index in [9.17, 15) is 0 Å². The van der Waals surface area contributed by atoms with Gasteiger partial charge in [0.15, 0.2) is 0 Å². The first-order valence-electron chi connectivity index (χ1n) is 7.36. The van der Waals surface area contributed by atoms with E-state index in [-0.39, 0.29) is 0 Å². The van der Waals surface area contributed by atoms with Crippen molar-refractivity contribution in [1.29, 1.82) is 0 Å². The molecule has 2 fully saturated rings. The third-order valence-corrected chi connectivity index (χ3v) is 5.07. The maximum atomic E-state index is 5.81. The van der Waals surface area contributed by atoms with E-state index >= 15 is 0 Å². The van der Waals surface area contributed by atoms with Crippen LogP contribution in [0.3, 0.4) is 0 Å². The fourth-order valence-electron chi connectivity index (χ4n) is 3.89. The van der Waals surface area contributed by atoms with Gasteiger partial charge in [-0.1, -0.05) is 6.07 Å². The Morgan fingerprint density at radius 1 is 1.37 bits per heavy atom. The Hall–Kier alpha value is -0.970. The van der Waals surface area contributed by atoms with Gasteiger partial charge < -0.3 is 4.90 Å². The molecule has 2 bridgehead atoms. The monoisotopic (exact) mass is 260 g/mol. The second-order valence-electron chi connectivity index (χ2n) is 6.08.